The average Bonchev–Trinajstić information content (AvgIpc) is 2.68. The molecule has 1 N–H and O–H groups in total. The highest BCUT2D eigenvalue weighted by Crippen LogP contribution is 2.33. The summed E-state index contributed by atoms with van der Waals surface area (Å²) in [6.07, 6.45) is 0.566. The monoisotopic (exact) mass is 380 g/mol. The standard InChI is InChI=1S/C23H28N2O3/c1-16(2)15-19(18-9-5-4-6-10-18)24-22(26)13-14-25-20-11-7-8-12-21(20)28-17(3)23(25)27/h4-12,16-17,19H,13-15H2,1-3H3,(H,24,26). The highest BCUT2D eigenvalue weighted by Gasteiger charge is 2.31. The Balaban J connectivity index is 1.66. The van der Waals surface area contributed by atoms with E-state index in [9.17, 15) is 9.59 Å². The van der Waals surface area contributed by atoms with Gasteiger partial charge in [0.15, 0.2) is 6.10 Å². The van der Waals surface area contributed by atoms with Gasteiger partial charge < -0.3 is 15.0 Å². The van der Waals surface area contributed by atoms with E-state index in [0.29, 0.717) is 18.2 Å². The van der Waals surface area contributed by atoms with Crippen LogP contribution in [-0.4, -0.2) is 24.5 Å². The maximum Gasteiger partial charge on any atom is 0.267 e. The van der Waals surface area contributed by atoms with Gasteiger partial charge in [-0.2, -0.15) is 0 Å². The predicted molar refractivity (Wildman–Crippen MR) is 110 cm³/mol. The second kappa shape index (κ2) is 8.91. The summed E-state index contributed by atoms with van der Waals surface area (Å²) in [5, 5.41) is 3.15. The fourth-order valence-electron chi connectivity index (χ4n) is 3.50. The topological polar surface area (TPSA) is 58.6 Å². The summed E-state index contributed by atoms with van der Waals surface area (Å²) in [5.74, 6) is 0.961. The molecule has 5 heteroatoms. The molecule has 28 heavy (non-hydrogen) atoms. The number of nitrogens with zero attached hydrogens (tertiary/aromatic N) is 1. The van der Waals surface area contributed by atoms with Gasteiger partial charge in [0.05, 0.1) is 11.7 Å². The van der Waals surface area contributed by atoms with E-state index >= 15 is 0 Å². The zero-order chi connectivity index (χ0) is 20.1. The van der Waals surface area contributed by atoms with Crippen LogP contribution < -0.4 is 15.0 Å². The van der Waals surface area contributed by atoms with Gasteiger partial charge in [-0.05, 0) is 37.0 Å². The highest BCUT2D eigenvalue weighted by atomic mass is 16.5. The van der Waals surface area contributed by atoms with Crippen LogP contribution in [0.4, 0.5) is 5.69 Å². The van der Waals surface area contributed by atoms with Crippen LogP contribution in [-0.2, 0) is 9.59 Å². The van der Waals surface area contributed by atoms with Gasteiger partial charge in [-0.3, -0.25) is 9.59 Å². The van der Waals surface area contributed by atoms with E-state index in [-0.39, 0.29) is 24.3 Å². The molecule has 0 bridgehead atoms. The Labute approximate surface area is 166 Å². The lowest BCUT2D eigenvalue weighted by Crippen LogP contribution is -2.46. The Morgan fingerprint density at radius 2 is 1.79 bits per heavy atom. The summed E-state index contributed by atoms with van der Waals surface area (Å²) in [4.78, 5) is 26.9. The molecule has 0 fully saturated rings. The number of nitrogens with one attached hydrogen (secondary N) is 1. The molecule has 2 aromatic carbocycles. The Kier molecular flexibility index (Phi) is 6.34. The van der Waals surface area contributed by atoms with E-state index in [1.807, 2.05) is 54.6 Å². The number of para-hydroxylation sites is 2. The molecular weight excluding hydrogens is 352 g/mol. The van der Waals surface area contributed by atoms with Crippen molar-refractivity contribution in [3.05, 3.63) is 60.2 Å². The first-order valence-corrected chi connectivity index (χ1v) is 9.87. The van der Waals surface area contributed by atoms with Crippen LogP contribution in [0.2, 0.25) is 0 Å². The zero-order valence-electron chi connectivity index (χ0n) is 16.7. The number of carbonyl (C=O) groups excluding carboxylic acids is 2. The number of ether oxygens (including phenoxy) is 1. The number of amides is 2. The van der Waals surface area contributed by atoms with Crippen LogP contribution >= 0.6 is 0 Å². The molecule has 0 saturated carbocycles. The lowest BCUT2D eigenvalue weighted by molar-refractivity contribution is -0.125. The summed E-state index contributed by atoms with van der Waals surface area (Å²) in [5.41, 5.74) is 1.83. The van der Waals surface area contributed by atoms with Gasteiger partial charge >= 0.3 is 0 Å². The van der Waals surface area contributed by atoms with Crippen molar-refractivity contribution in [1.82, 2.24) is 5.32 Å². The van der Waals surface area contributed by atoms with Gasteiger partial charge in [0, 0.05) is 13.0 Å². The van der Waals surface area contributed by atoms with Crippen LogP contribution in [0.1, 0.15) is 45.2 Å². The summed E-state index contributed by atoms with van der Waals surface area (Å²) in [6, 6.07) is 17.4. The van der Waals surface area contributed by atoms with E-state index in [1.165, 1.54) is 0 Å². The van der Waals surface area contributed by atoms with Crippen LogP contribution in [0.15, 0.2) is 54.6 Å². The molecule has 0 spiro atoms. The van der Waals surface area contributed by atoms with Crippen molar-refractivity contribution in [3.63, 3.8) is 0 Å². The Hall–Kier alpha value is -2.82. The van der Waals surface area contributed by atoms with E-state index in [2.05, 4.69) is 19.2 Å². The molecule has 0 saturated heterocycles. The van der Waals surface area contributed by atoms with Gasteiger partial charge in [-0.1, -0.05) is 56.3 Å². The second-order valence-corrected chi connectivity index (χ2v) is 7.63. The van der Waals surface area contributed by atoms with Crippen molar-refractivity contribution < 1.29 is 14.3 Å². The summed E-state index contributed by atoms with van der Waals surface area (Å²) in [6.45, 7) is 6.36. The van der Waals surface area contributed by atoms with Crippen LogP contribution in [0.3, 0.4) is 0 Å². The lowest BCUT2D eigenvalue weighted by atomic mass is 9.97. The summed E-state index contributed by atoms with van der Waals surface area (Å²) < 4.78 is 5.66. The van der Waals surface area contributed by atoms with Crippen LogP contribution in [0.5, 0.6) is 5.75 Å². The van der Waals surface area contributed by atoms with Crippen molar-refractivity contribution in [3.8, 4) is 5.75 Å². The molecule has 2 aromatic rings. The molecule has 1 aliphatic heterocycles. The highest BCUT2D eigenvalue weighted by molar-refractivity contribution is 6.00. The van der Waals surface area contributed by atoms with Gasteiger partial charge in [-0.15, -0.1) is 0 Å². The van der Waals surface area contributed by atoms with Crippen molar-refractivity contribution in [2.45, 2.75) is 45.8 Å². The Bertz CT molecular complexity index is 820. The molecule has 2 atom stereocenters. The number of hydrogen-bond acceptors (Lipinski definition) is 3. The molecule has 5 nitrogen and oxygen atoms in total. The number of benzene rings is 2. The molecule has 0 aliphatic carbocycles. The van der Waals surface area contributed by atoms with E-state index in [0.717, 1.165) is 17.7 Å². The summed E-state index contributed by atoms with van der Waals surface area (Å²) >= 11 is 0. The third-order valence-corrected chi connectivity index (χ3v) is 4.88. The maximum atomic E-state index is 12.7. The van der Waals surface area contributed by atoms with Gasteiger partial charge in [0.1, 0.15) is 5.75 Å². The van der Waals surface area contributed by atoms with Gasteiger partial charge in [-0.25, -0.2) is 0 Å². The minimum absolute atomic E-state index is 0.0275. The Morgan fingerprint density at radius 1 is 1.11 bits per heavy atom. The quantitative estimate of drug-likeness (QED) is 0.787. The molecular formula is C23H28N2O3. The first-order valence-electron chi connectivity index (χ1n) is 9.87. The molecule has 0 aromatic heterocycles. The lowest BCUT2D eigenvalue weighted by Gasteiger charge is -2.33. The maximum absolute atomic E-state index is 12.7. The minimum atomic E-state index is -0.545. The fraction of sp³-hybridized carbons (Fsp3) is 0.391. The predicted octanol–water partition coefficient (Wildman–Crippen LogP) is 4.09. The SMILES string of the molecule is CC(C)CC(NC(=O)CCN1C(=O)C(C)Oc2ccccc21)c1ccccc1. The van der Waals surface area contributed by atoms with Crippen LogP contribution in [0, 0.1) is 5.92 Å². The number of fused-ring (bicyclic) bond motifs is 1. The summed E-state index contributed by atoms with van der Waals surface area (Å²) in [7, 11) is 0. The van der Waals surface area contributed by atoms with Crippen molar-refractivity contribution in [2.75, 3.05) is 11.4 Å². The van der Waals surface area contributed by atoms with Crippen molar-refractivity contribution >= 4 is 17.5 Å². The van der Waals surface area contributed by atoms with E-state index in [1.54, 1.807) is 11.8 Å². The minimum Gasteiger partial charge on any atom is -0.479 e. The van der Waals surface area contributed by atoms with Gasteiger partial charge in [0.25, 0.3) is 5.91 Å². The molecule has 148 valence electrons. The molecule has 1 heterocycles. The normalized spacial score (nSPS) is 17.1. The first-order chi connectivity index (χ1) is 13.5. The molecule has 2 amide bonds. The molecule has 2 unspecified atom stereocenters. The number of rotatable bonds is 7. The first kappa shape index (κ1) is 19.9. The average molecular weight is 380 g/mol. The second-order valence-electron chi connectivity index (χ2n) is 7.63. The zero-order valence-corrected chi connectivity index (χ0v) is 16.7. The number of hydrogen-bond donors (Lipinski definition) is 1. The number of anilines is 1. The largest absolute Gasteiger partial charge is 0.479 e. The van der Waals surface area contributed by atoms with E-state index < -0.39 is 6.10 Å². The number of carbonyl (C=O) groups is 2. The Morgan fingerprint density at radius 3 is 2.50 bits per heavy atom. The van der Waals surface area contributed by atoms with Crippen LogP contribution in [0.25, 0.3) is 0 Å². The third-order valence-electron chi connectivity index (χ3n) is 4.88. The molecule has 0 radical (unpaired) electrons. The van der Waals surface area contributed by atoms with Crippen molar-refractivity contribution in [1.29, 1.82) is 0 Å². The third kappa shape index (κ3) is 4.71. The fourth-order valence-corrected chi connectivity index (χ4v) is 3.50. The smallest absolute Gasteiger partial charge is 0.267 e. The van der Waals surface area contributed by atoms with Crippen molar-refractivity contribution in [2.24, 2.45) is 5.92 Å². The van der Waals surface area contributed by atoms with E-state index in [4.69, 9.17) is 4.74 Å². The molecule has 3 rings (SSSR count). The van der Waals surface area contributed by atoms with Gasteiger partial charge in [0.2, 0.25) is 5.91 Å². The molecule has 1 aliphatic rings.